The Morgan fingerprint density at radius 1 is 1.04 bits per heavy atom. The molecule has 4 bridgehead atoms. The van der Waals surface area contributed by atoms with Gasteiger partial charge >= 0.3 is 6.03 Å². The Kier molecular flexibility index (Phi) is 4.46. The van der Waals surface area contributed by atoms with E-state index in [0.29, 0.717) is 0 Å². The van der Waals surface area contributed by atoms with E-state index < -0.39 is 0 Å². The summed E-state index contributed by atoms with van der Waals surface area (Å²) in [6.45, 7) is 3.52. The molecule has 1 heterocycles. The van der Waals surface area contributed by atoms with Crippen LogP contribution in [0, 0.1) is 17.8 Å². The highest BCUT2D eigenvalue weighted by Crippen LogP contribution is 2.55. The fourth-order valence-electron chi connectivity index (χ4n) is 6.77. The highest BCUT2D eigenvalue weighted by Gasteiger charge is 2.51. The van der Waals surface area contributed by atoms with Crippen LogP contribution in [0.25, 0.3) is 0 Å². The van der Waals surface area contributed by atoms with E-state index >= 15 is 0 Å². The van der Waals surface area contributed by atoms with Gasteiger partial charge in [0.2, 0.25) is 5.91 Å². The van der Waals surface area contributed by atoms with Gasteiger partial charge in [-0.05, 0) is 80.8 Å². The maximum atomic E-state index is 12.7. The summed E-state index contributed by atoms with van der Waals surface area (Å²) in [6.07, 6.45) is 8.27. The number of benzene rings is 1. The summed E-state index contributed by atoms with van der Waals surface area (Å²) in [4.78, 5) is 27.6. The van der Waals surface area contributed by atoms with Crippen LogP contribution in [-0.2, 0) is 17.8 Å². The number of hydrogen-bond donors (Lipinski definition) is 2. The van der Waals surface area contributed by atoms with Crippen molar-refractivity contribution in [2.75, 3.05) is 6.54 Å². The van der Waals surface area contributed by atoms with Gasteiger partial charge in [-0.1, -0.05) is 24.3 Å². The molecule has 0 saturated heterocycles. The standard InChI is InChI=1S/C23H31N3O2/c1-15(26-7-6-19-4-2-3-5-20(19)14-26)21(27)24-22(28)25-23-11-16-8-17(12-23)10-18(9-16)13-23/h2-5,15-18H,6-14H2,1H3,(H2,24,25,27,28)/t15-,16?,17?,18?,23?/m1/s1. The summed E-state index contributed by atoms with van der Waals surface area (Å²) in [5, 5.41) is 5.88. The van der Waals surface area contributed by atoms with E-state index in [1.165, 1.54) is 30.4 Å². The van der Waals surface area contributed by atoms with Crippen LogP contribution in [0.1, 0.15) is 56.6 Å². The van der Waals surface area contributed by atoms with Crippen LogP contribution in [0.3, 0.4) is 0 Å². The predicted octanol–water partition coefficient (Wildman–Crippen LogP) is 3.23. The molecule has 28 heavy (non-hydrogen) atoms. The van der Waals surface area contributed by atoms with Crippen molar-refractivity contribution in [3.8, 4) is 0 Å². The Morgan fingerprint density at radius 3 is 2.29 bits per heavy atom. The SMILES string of the molecule is C[C@H](C(=O)NC(=O)NC12CC3CC(CC(C3)C1)C2)N1CCc2ccccc2C1. The van der Waals surface area contributed by atoms with Crippen molar-refractivity contribution in [1.82, 2.24) is 15.5 Å². The van der Waals surface area contributed by atoms with Gasteiger partial charge in [0.15, 0.2) is 0 Å². The molecule has 4 saturated carbocycles. The number of carbonyl (C=O) groups is 2. The molecular formula is C23H31N3O2. The van der Waals surface area contributed by atoms with Crippen LogP contribution >= 0.6 is 0 Å². The lowest BCUT2D eigenvalue weighted by molar-refractivity contribution is -0.125. The summed E-state index contributed by atoms with van der Waals surface area (Å²) in [5.74, 6) is 2.13. The maximum absolute atomic E-state index is 12.7. The maximum Gasteiger partial charge on any atom is 0.321 e. The second kappa shape index (κ2) is 6.87. The Balaban J connectivity index is 1.18. The summed E-state index contributed by atoms with van der Waals surface area (Å²) < 4.78 is 0. The molecule has 5 heteroatoms. The zero-order valence-electron chi connectivity index (χ0n) is 16.7. The number of fused-ring (bicyclic) bond motifs is 1. The molecule has 0 radical (unpaired) electrons. The van der Waals surface area contributed by atoms with Crippen molar-refractivity contribution in [2.24, 2.45) is 17.8 Å². The van der Waals surface area contributed by atoms with E-state index in [2.05, 4.69) is 33.7 Å². The monoisotopic (exact) mass is 381 g/mol. The van der Waals surface area contributed by atoms with Crippen LogP contribution in [0.4, 0.5) is 4.79 Å². The molecule has 0 spiro atoms. The zero-order chi connectivity index (χ0) is 19.3. The fourth-order valence-corrected chi connectivity index (χ4v) is 6.77. The molecule has 1 aliphatic heterocycles. The molecule has 4 aliphatic carbocycles. The van der Waals surface area contributed by atoms with E-state index in [9.17, 15) is 9.59 Å². The lowest BCUT2D eigenvalue weighted by Gasteiger charge is -2.56. The molecule has 0 aromatic heterocycles. The average Bonchev–Trinajstić information content (AvgIpc) is 2.65. The van der Waals surface area contributed by atoms with E-state index in [-0.39, 0.29) is 23.5 Å². The van der Waals surface area contributed by atoms with Crippen LogP contribution in [0.5, 0.6) is 0 Å². The highest BCUT2D eigenvalue weighted by molar-refractivity contribution is 5.97. The van der Waals surface area contributed by atoms with Gasteiger partial charge in [-0.15, -0.1) is 0 Å². The van der Waals surface area contributed by atoms with Crippen molar-refractivity contribution >= 4 is 11.9 Å². The molecule has 5 nitrogen and oxygen atoms in total. The third-order valence-corrected chi connectivity index (χ3v) is 7.74. The fraction of sp³-hybridized carbons (Fsp3) is 0.652. The number of hydrogen-bond acceptors (Lipinski definition) is 3. The summed E-state index contributed by atoms with van der Waals surface area (Å²) >= 11 is 0. The molecule has 1 aromatic carbocycles. The molecule has 1 atom stereocenters. The molecular weight excluding hydrogens is 350 g/mol. The third kappa shape index (κ3) is 3.34. The molecule has 1 aromatic rings. The van der Waals surface area contributed by atoms with Crippen molar-refractivity contribution in [1.29, 1.82) is 0 Å². The smallest absolute Gasteiger partial charge is 0.321 e. The van der Waals surface area contributed by atoms with Gasteiger partial charge in [-0.2, -0.15) is 0 Å². The first-order valence-corrected chi connectivity index (χ1v) is 10.9. The first kappa shape index (κ1) is 18.2. The minimum absolute atomic E-state index is 0.0631. The largest absolute Gasteiger partial charge is 0.332 e. The third-order valence-electron chi connectivity index (χ3n) is 7.74. The lowest BCUT2D eigenvalue weighted by atomic mass is 9.53. The molecule has 6 rings (SSSR count). The quantitative estimate of drug-likeness (QED) is 0.845. The summed E-state index contributed by atoms with van der Waals surface area (Å²) in [5.41, 5.74) is 2.59. The average molecular weight is 382 g/mol. The Labute approximate surface area is 167 Å². The number of urea groups is 1. The minimum atomic E-state index is -0.310. The van der Waals surface area contributed by atoms with Gasteiger partial charge in [0.1, 0.15) is 0 Å². The van der Waals surface area contributed by atoms with Gasteiger partial charge in [-0.3, -0.25) is 15.0 Å². The van der Waals surface area contributed by atoms with E-state index in [1.54, 1.807) is 0 Å². The highest BCUT2D eigenvalue weighted by atomic mass is 16.2. The van der Waals surface area contributed by atoms with Crippen LogP contribution in [-0.4, -0.2) is 35.0 Å². The Bertz CT molecular complexity index is 755. The number of rotatable bonds is 3. The molecule has 2 N–H and O–H groups in total. The Hall–Kier alpha value is -1.88. The van der Waals surface area contributed by atoms with Gasteiger partial charge < -0.3 is 5.32 Å². The van der Waals surface area contributed by atoms with E-state index in [4.69, 9.17) is 0 Å². The lowest BCUT2D eigenvalue weighted by Crippen LogP contribution is -2.62. The topological polar surface area (TPSA) is 61.4 Å². The molecule has 3 amide bonds. The van der Waals surface area contributed by atoms with Gasteiger partial charge in [-0.25, -0.2) is 4.79 Å². The number of imide groups is 1. The first-order valence-electron chi connectivity index (χ1n) is 10.9. The molecule has 5 aliphatic rings. The van der Waals surface area contributed by atoms with Crippen molar-refractivity contribution in [2.45, 2.75) is 70.0 Å². The van der Waals surface area contributed by atoms with E-state index in [1.807, 2.05) is 13.0 Å². The van der Waals surface area contributed by atoms with Crippen molar-refractivity contribution in [3.63, 3.8) is 0 Å². The first-order chi connectivity index (χ1) is 13.5. The van der Waals surface area contributed by atoms with Gasteiger partial charge in [0.05, 0.1) is 6.04 Å². The molecule has 0 unspecified atom stereocenters. The van der Waals surface area contributed by atoms with Gasteiger partial charge in [0, 0.05) is 18.6 Å². The number of amides is 3. The normalized spacial score (nSPS) is 34.5. The molecule has 4 fully saturated rings. The minimum Gasteiger partial charge on any atom is -0.332 e. The molecule has 150 valence electrons. The second-order valence-corrected chi connectivity index (χ2v) is 9.81. The summed E-state index contributed by atoms with van der Waals surface area (Å²) in [6, 6.07) is 7.81. The van der Waals surface area contributed by atoms with Crippen molar-refractivity contribution in [3.05, 3.63) is 35.4 Å². The Morgan fingerprint density at radius 2 is 1.64 bits per heavy atom. The predicted molar refractivity (Wildman–Crippen MR) is 108 cm³/mol. The zero-order valence-corrected chi connectivity index (χ0v) is 16.7. The van der Waals surface area contributed by atoms with Crippen LogP contribution in [0.15, 0.2) is 24.3 Å². The van der Waals surface area contributed by atoms with Crippen molar-refractivity contribution < 1.29 is 9.59 Å². The summed E-state index contributed by atoms with van der Waals surface area (Å²) in [7, 11) is 0. The van der Waals surface area contributed by atoms with Crippen LogP contribution < -0.4 is 10.6 Å². The second-order valence-electron chi connectivity index (χ2n) is 9.81. The van der Waals surface area contributed by atoms with E-state index in [0.717, 1.165) is 56.5 Å². The number of nitrogens with one attached hydrogen (secondary N) is 2. The van der Waals surface area contributed by atoms with Crippen LogP contribution in [0.2, 0.25) is 0 Å². The van der Waals surface area contributed by atoms with Gasteiger partial charge in [0.25, 0.3) is 0 Å². The number of nitrogens with zero attached hydrogens (tertiary/aromatic N) is 1. The number of carbonyl (C=O) groups excluding carboxylic acids is 2.